The SMILES string of the molecule is Cc1ccnc(-n2ncnc2CN)c1. The molecule has 0 unspecified atom stereocenters. The van der Waals surface area contributed by atoms with Crippen molar-refractivity contribution in [2.24, 2.45) is 5.73 Å². The van der Waals surface area contributed by atoms with E-state index in [1.807, 2.05) is 19.1 Å². The maximum atomic E-state index is 5.52. The number of hydrogen-bond acceptors (Lipinski definition) is 4. The van der Waals surface area contributed by atoms with E-state index in [1.54, 1.807) is 10.9 Å². The lowest BCUT2D eigenvalue weighted by molar-refractivity contribution is 0.768. The Morgan fingerprint density at radius 1 is 1.43 bits per heavy atom. The van der Waals surface area contributed by atoms with Crippen LogP contribution >= 0.6 is 0 Å². The molecular weight excluding hydrogens is 178 g/mol. The van der Waals surface area contributed by atoms with Crippen molar-refractivity contribution in [2.45, 2.75) is 13.5 Å². The van der Waals surface area contributed by atoms with Crippen molar-refractivity contribution < 1.29 is 0 Å². The van der Waals surface area contributed by atoms with Crippen molar-refractivity contribution >= 4 is 0 Å². The van der Waals surface area contributed by atoms with Gasteiger partial charge in [-0.2, -0.15) is 9.78 Å². The monoisotopic (exact) mass is 189 g/mol. The molecule has 5 heteroatoms. The minimum Gasteiger partial charge on any atom is -0.324 e. The van der Waals surface area contributed by atoms with Crippen LogP contribution in [-0.2, 0) is 6.54 Å². The lowest BCUT2D eigenvalue weighted by atomic mass is 10.3. The minimum absolute atomic E-state index is 0.357. The molecule has 0 bridgehead atoms. The number of pyridine rings is 1. The Morgan fingerprint density at radius 2 is 2.29 bits per heavy atom. The molecule has 2 rings (SSSR count). The van der Waals surface area contributed by atoms with Gasteiger partial charge in [0.25, 0.3) is 0 Å². The highest BCUT2D eigenvalue weighted by Gasteiger charge is 2.05. The predicted octanol–water partition coefficient (Wildman–Crippen LogP) is 0.429. The normalized spacial score (nSPS) is 10.4. The van der Waals surface area contributed by atoms with E-state index < -0.39 is 0 Å². The zero-order valence-corrected chi connectivity index (χ0v) is 7.88. The van der Waals surface area contributed by atoms with Crippen LogP contribution in [0.1, 0.15) is 11.4 Å². The van der Waals surface area contributed by atoms with Gasteiger partial charge in [-0.15, -0.1) is 0 Å². The maximum Gasteiger partial charge on any atom is 0.155 e. The Morgan fingerprint density at radius 3 is 3.00 bits per heavy atom. The first-order valence-corrected chi connectivity index (χ1v) is 4.33. The van der Waals surface area contributed by atoms with Crippen LogP contribution in [-0.4, -0.2) is 19.7 Å². The van der Waals surface area contributed by atoms with Crippen molar-refractivity contribution in [3.8, 4) is 5.82 Å². The zero-order chi connectivity index (χ0) is 9.97. The largest absolute Gasteiger partial charge is 0.324 e. The second kappa shape index (κ2) is 3.55. The molecule has 2 heterocycles. The number of aromatic nitrogens is 4. The third-order valence-electron chi connectivity index (χ3n) is 1.92. The average molecular weight is 189 g/mol. The van der Waals surface area contributed by atoms with E-state index in [4.69, 9.17) is 5.73 Å². The fraction of sp³-hybridized carbons (Fsp3) is 0.222. The summed E-state index contributed by atoms with van der Waals surface area (Å²) < 4.78 is 1.65. The second-order valence-corrected chi connectivity index (χ2v) is 2.98. The van der Waals surface area contributed by atoms with Crippen LogP contribution in [0, 0.1) is 6.92 Å². The minimum atomic E-state index is 0.357. The molecule has 0 fully saturated rings. The third kappa shape index (κ3) is 1.49. The van der Waals surface area contributed by atoms with E-state index in [0.717, 1.165) is 11.4 Å². The van der Waals surface area contributed by atoms with Gasteiger partial charge in [-0.05, 0) is 24.6 Å². The van der Waals surface area contributed by atoms with Crippen LogP contribution in [0.25, 0.3) is 5.82 Å². The van der Waals surface area contributed by atoms with Gasteiger partial charge in [0.05, 0.1) is 6.54 Å². The molecule has 0 saturated carbocycles. The third-order valence-corrected chi connectivity index (χ3v) is 1.92. The summed E-state index contributed by atoms with van der Waals surface area (Å²) in [6.07, 6.45) is 3.22. The average Bonchev–Trinajstić information content (AvgIpc) is 2.65. The Kier molecular flexibility index (Phi) is 2.24. The summed E-state index contributed by atoms with van der Waals surface area (Å²) in [7, 11) is 0. The van der Waals surface area contributed by atoms with Gasteiger partial charge in [-0.1, -0.05) is 0 Å². The number of rotatable bonds is 2. The summed E-state index contributed by atoms with van der Waals surface area (Å²) in [5.74, 6) is 1.46. The summed E-state index contributed by atoms with van der Waals surface area (Å²) in [5, 5.41) is 4.06. The van der Waals surface area contributed by atoms with Gasteiger partial charge in [-0.25, -0.2) is 9.97 Å². The summed E-state index contributed by atoms with van der Waals surface area (Å²) in [5.41, 5.74) is 6.65. The van der Waals surface area contributed by atoms with E-state index in [2.05, 4.69) is 15.1 Å². The van der Waals surface area contributed by atoms with Crippen molar-refractivity contribution in [1.29, 1.82) is 0 Å². The van der Waals surface area contributed by atoms with E-state index in [1.165, 1.54) is 6.33 Å². The van der Waals surface area contributed by atoms with Crippen molar-refractivity contribution in [3.63, 3.8) is 0 Å². The van der Waals surface area contributed by atoms with E-state index in [-0.39, 0.29) is 0 Å². The van der Waals surface area contributed by atoms with Crippen LogP contribution in [0.15, 0.2) is 24.7 Å². The summed E-state index contributed by atoms with van der Waals surface area (Å²) in [4.78, 5) is 8.22. The summed E-state index contributed by atoms with van der Waals surface area (Å²) in [6.45, 7) is 2.36. The summed E-state index contributed by atoms with van der Waals surface area (Å²) in [6, 6.07) is 3.87. The van der Waals surface area contributed by atoms with Gasteiger partial charge in [-0.3, -0.25) is 0 Å². The molecule has 0 aromatic carbocycles. The van der Waals surface area contributed by atoms with Gasteiger partial charge < -0.3 is 5.73 Å². The Hall–Kier alpha value is -1.75. The van der Waals surface area contributed by atoms with E-state index >= 15 is 0 Å². The molecule has 2 aromatic heterocycles. The highest BCUT2D eigenvalue weighted by Crippen LogP contribution is 2.06. The molecule has 0 radical (unpaired) electrons. The zero-order valence-electron chi connectivity index (χ0n) is 7.88. The van der Waals surface area contributed by atoms with Crippen molar-refractivity contribution in [2.75, 3.05) is 0 Å². The highest BCUT2D eigenvalue weighted by atomic mass is 15.4. The van der Waals surface area contributed by atoms with Gasteiger partial charge in [0.1, 0.15) is 12.2 Å². The molecule has 0 atom stereocenters. The summed E-state index contributed by atoms with van der Waals surface area (Å²) >= 11 is 0. The first kappa shape index (κ1) is 8.83. The van der Waals surface area contributed by atoms with E-state index in [9.17, 15) is 0 Å². The van der Waals surface area contributed by atoms with Crippen molar-refractivity contribution in [1.82, 2.24) is 19.7 Å². The Balaban J connectivity index is 2.49. The van der Waals surface area contributed by atoms with Crippen molar-refractivity contribution in [3.05, 3.63) is 36.0 Å². The maximum absolute atomic E-state index is 5.52. The van der Waals surface area contributed by atoms with Crippen LogP contribution < -0.4 is 5.73 Å². The van der Waals surface area contributed by atoms with Crippen LogP contribution in [0.5, 0.6) is 0 Å². The molecule has 14 heavy (non-hydrogen) atoms. The molecule has 0 aliphatic carbocycles. The lowest BCUT2D eigenvalue weighted by Crippen LogP contribution is -2.09. The molecule has 72 valence electrons. The fourth-order valence-electron chi connectivity index (χ4n) is 1.23. The number of hydrogen-bond donors (Lipinski definition) is 1. The molecule has 2 aromatic rings. The predicted molar refractivity (Wildman–Crippen MR) is 51.8 cm³/mol. The van der Waals surface area contributed by atoms with Crippen LogP contribution in [0.4, 0.5) is 0 Å². The molecule has 0 aliphatic rings. The molecule has 0 amide bonds. The molecule has 2 N–H and O–H groups in total. The Labute approximate surface area is 81.6 Å². The molecule has 0 aliphatic heterocycles. The second-order valence-electron chi connectivity index (χ2n) is 2.98. The van der Waals surface area contributed by atoms with E-state index in [0.29, 0.717) is 12.4 Å². The molecule has 0 saturated heterocycles. The molecular formula is C9H11N5. The molecule has 5 nitrogen and oxygen atoms in total. The first-order chi connectivity index (χ1) is 6.81. The first-order valence-electron chi connectivity index (χ1n) is 4.33. The quantitative estimate of drug-likeness (QED) is 0.743. The van der Waals surface area contributed by atoms with Gasteiger partial charge in [0, 0.05) is 6.20 Å². The highest BCUT2D eigenvalue weighted by molar-refractivity contribution is 5.26. The van der Waals surface area contributed by atoms with Gasteiger partial charge >= 0.3 is 0 Å². The van der Waals surface area contributed by atoms with Gasteiger partial charge in [0.15, 0.2) is 5.82 Å². The standard InChI is InChI=1S/C9H11N5/c1-7-2-3-11-8(4-7)14-9(5-10)12-6-13-14/h2-4,6H,5,10H2,1H3. The fourth-order valence-corrected chi connectivity index (χ4v) is 1.23. The Bertz CT molecular complexity index is 434. The van der Waals surface area contributed by atoms with Crippen LogP contribution in [0.2, 0.25) is 0 Å². The van der Waals surface area contributed by atoms with Crippen LogP contribution in [0.3, 0.4) is 0 Å². The lowest BCUT2D eigenvalue weighted by Gasteiger charge is -2.03. The number of nitrogens with zero attached hydrogens (tertiary/aromatic N) is 4. The van der Waals surface area contributed by atoms with Gasteiger partial charge in [0.2, 0.25) is 0 Å². The molecule has 0 spiro atoms. The number of aryl methyl sites for hydroxylation is 1. The number of nitrogens with two attached hydrogens (primary N) is 1. The smallest absolute Gasteiger partial charge is 0.155 e. The topological polar surface area (TPSA) is 69.6 Å².